The Morgan fingerprint density at radius 1 is 1.64 bits per heavy atom. The van der Waals surface area contributed by atoms with Gasteiger partial charge in [0.2, 0.25) is 0 Å². The number of rotatable bonds is 3. The zero-order chi connectivity index (χ0) is 9.97. The molecule has 1 aromatic heterocycles. The van der Waals surface area contributed by atoms with Crippen LogP contribution in [-0.2, 0) is 13.6 Å². The SMILES string of the molecule is Cn1ncnc1CN1CCC(CO)C1. The van der Waals surface area contributed by atoms with Crippen LogP contribution in [0, 0.1) is 5.92 Å². The number of hydrogen-bond donors (Lipinski definition) is 1. The highest BCUT2D eigenvalue weighted by Crippen LogP contribution is 2.16. The number of aliphatic hydroxyl groups excluding tert-OH is 1. The predicted molar refractivity (Wildman–Crippen MR) is 51.5 cm³/mol. The van der Waals surface area contributed by atoms with Gasteiger partial charge in [-0.1, -0.05) is 0 Å². The standard InChI is InChI=1S/C9H16N4O/c1-12-9(10-7-11-12)5-13-3-2-8(4-13)6-14/h7-8,14H,2-6H2,1H3. The summed E-state index contributed by atoms with van der Waals surface area (Å²) in [6.07, 6.45) is 2.67. The van der Waals surface area contributed by atoms with Crippen LogP contribution >= 0.6 is 0 Å². The van der Waals surface area contributed by atoms with Gasteiger partial charge in [0, 0.05) is 20.2 Å². The maximum Gasteiger partial charge on any atom is 0.140 e. The molecule has 1 aliphatic rings. The van der Waals surface area contributed by atoms with Crippen molar-refractivity contribution < 1.29 is 5.11 Å². The van der Waals surface area contributed by atoms with Gasteiger partial charge in [-0.25, -0.2) is 4.98 Å². The third kappa shape index (κ3) is 1.93. The summed E-state index contributed by atoms with van der Waals surface area (Å²) < 4.78 is 1.80. The first-order chi connectivity index (χ1) is 6.79. The van der Waals surface area contributed by atoms with Crippen molar-refractivity contribution in [3.8, 4) is 0 Å². The van der Waals surface area contributed by atoms with Gasteiger partial charge in [-0.2, -0.15) is 5.10 Å². The Labute approximate surface area is 83.4 Å². The van der Waals surface area contributed by atoms with E-state index in [1.54, 1.807) is 11.0 Å². The van der Waals surface area contributed by atoms with E-state index in [1.165, 1.54) is 0 Å². The zero-order valence-electron chi connectivity index (χ0n) is 8.43. The van der Waals surface area contributed by atoms with E-state index in [0.29, 0.717) is 12.5 Å². The summed E-state index contributed by atoms with van der Waals surface area (Å²) in [7, 11) is 1.90. The molecule has 0 saturated carbocycles. The molecule has 1 unspecified atom stereocenters. The van der Waals surface area contributed by atoms with Crippen LogP contribution < -0.4 is 0 Å². The normalized spacial score (nSPS) is 23.1. The van der Waals surface area contributed by atoms with E-state index in [-0.39, 0.29) is 0 Å². The molecule has 2 rings (SSSR count). The largest absolute Gasteiger partial charge is 0.396 e. The van der Waals surface area contributed by atoms with Crippen molar-refractivity contribution >= 4 is 0 Å². The molecule has 5 nitrogen and oxygen atoms in total. The lowest BCUT2D eigenvalue weighted by Crippen LogP contribution is -2.22. The smallest absolute Gasteiger partial charge is 0.140 e. The van der Waals surface area contributed by atoms with Crippen molar-refractivity contribution in [1.82, 2.24) is 19.7 Å². The van der Waals surface area contributed by atoms with E-state index >= 15 is 0 Å². The summed E-state index contributed by atoms with van der Waals surface area (Å²) in [4.78, 5) is 6.49. The van der Waals surface area contributed by atoms with Gasteiger partial charge in [0.05, 0.1) is 6.54 Å². The molecule has 1 fully saturated rings. The molecule has 1 aromatic rings. The molecule has 1 N–H and O–H groups in total. The van der Waals surface area contributed by atoms with Crippen LogP contribution in [0.25, 0.3) is 0 Å². The first-order valence-corrected chi connectivity index (χ1v) is 4.95. The number of nitrogens with zero attached hydrogens (tertiary/aromatic N) is 4. The molecule has 5 heteroatoms. The van der Waals surface area contributed by atoms with Crippen molar-refractivity contribution in [2.45, 2.75) is 13.0 Å². The average Bonchev–Trinajstić information content (AvgIpc) is 2.77. The molecular weight excluding hydrogens is 180 g/mol. The van der Waals surface area contributed by atoms with Gasteiger partial charge in [0.1, 0.15) is 12.2 Å². The van der Waals surface area contributed by atoms with Gasteiger partial charge in [-0.15, -0.1) is 0 Å². The Kier molecular flexibility index (Phi) is 2.79. The van der Waals surface area contributed by atoms with Crippen LogP contribution in [0.2, 0.25) is 0 Å². The molecule has 0 bridgehead atoms. The van der Waals surface area contributed by atoms with E-state index in [2.05, 4.69) is 15.0 Å². The van der Waals surface area contributed by atoms with Crippen molar-refractivity contribution in [2.75, 3.05) is 19.7 Å². The number of hydrogen-bond acceptors (Lipinski definition) is 4. The molecule has 0 amide bonds. The van der Waals surface area contributed by atoms with Crippen molar-refractivity contribution in [1.29, 1.82) is 0 Å². The monoisotopic (exact) mass is 196 g/mol. The van der Waals surface area contributed by atoms with Gasteiger partial charge in [0.25, 0.3) is 0 Å². The van der Waals surface area contributed by atoms with Gasteiger partial charge < -0.3 is 5.11 Å². The summed E-state index contributed by atoms with van der Waals surface area (Å²) in [6, 6.07) is 0. The highest BCUT2D eigenvalue weighted by molar-refractivity contribution is 4.86. The lowest BCUT2D eigenvalue weighted by Gasteiger charge is -2.14. The molecule has 0 aliphatic carbocycles. The van der Waals surface area contributed by atoms with Crippen LogP contribution in [0.15, 0.2) is 6.33 Å². The molecule has 2 heterocycles. The van der Waals surface area contributed by atoms with Gasteiger partial charge in [-0.3, -0.25) is 9.58 Å². The second kappa shape index (κ2) is 4.06. The second-order valence-electron chi connectivity index (χ2n) is 3.87. The molecule has 1 saturated heterocycles. The quantitative estimate of drug-likeness (QED) is 0.716. The Balaban J connectivity index is 1.90. The molecule has 1 atom stereocenters. The summed E-state index contributed by atoms with van der Waals surface area (Å²) in [5, 5.41) is 13.0. The zero-order valence-corrected chi connectivity index (χ0v) is 8.43. The molecule has 78 valence electrons. The summed E-state index contributed by atoms with van der Waals surface area (Å²) in [5.41, 5.74) is 0. The second-order valence-corrected chi connectivity index (χ2v) is 3.87. The number of aromatic nitrogens is 3. The molecule has 1 aliphatic heterocycles. The summed E-state index contributed by atoms with van der Waals surface area (Å²) in [5.74, 6) is 1.44. The maximum atomic E-state index is 9.00. The van der Waals surface area contributed by atoms with E-state index in [0.717, 1.165) is 31.9 Å². The van der Waals surface area contributed by atoms with E-state index in [1.807, 2.05) is 7.05 Å². The third-order valence-electron chi connectivity index (χ3n) is 2.80. The first kappa shape index (κ1) is 9.61. The van der Waals surface area contributed by atoms with Crippen LogP contribution in [0.3, 0.4) is 0 Å². The summed E-state index contributed by atoms with van der Waals surface area (Å²) in [6.45, 7) is 3.17. The number of likely N-dealkylation sites (tertiary alicyclic amines) is 1. The first-order valence-electron chi connectivity index (χ1n) is 4.95. The average molecular weight is 196 g/mol. The molecule has 0 aromatic carbocycles. The van der Waals surface area contributed by atoms with Crippen LogP contribution in [0.4, 0.5) is 0 Å². The van der Waals surface area contributed by atoms with E-state index < -0.39 is 0 Å². The predicted octanol–water partition coefficient (Wildman–Crippen LogP) is -0.371. The van der Waals surface area contributed by atoms with Crippen molar-refractivity contribution in [3.63, 3.8) is 0 Å². The summed E-state index contributed by atoms with van der Waals surface area (Å²) >= 11 is 0. The third-order valence-corrected chi connectivity index (χ3v) is 2.80. The van der Waals surface area contributed by atoms with Gasteiger partial charge >= 0.3 is 0 Å². The van der Waals surface area contributed by atoms with Crippen LogP contribution in [0.5, 0.6) is 0 Å². The lowest BCUT2D eigenvalue weighted by molar-refractivity contribution is 0.218. The lowest BCUT2D eigenvalue weighted by atomic mass is 10.1. The van der Waals surface area contributed by atoms with Gasteiger partial charge in [-0.05, 0) is 18.9 Å². The van der Waals surface area contributed by atoms with Crippen molar-refractivity contribution in [3.05, 3.63) is 12.2 Å². The highest BCUT2D eigenvalue weighted by atomic mass is 16.3. The fourth-order valence-electron chi connectivity index (χ4n) is 1.87. The fourth-order valence-corrected chi connectivity index (χ4v) is 1.87. The van der Waals surface area contributed by atoms with E-state index in [4.69, 9.17) is 5.11 Å². The molecular formula is C9H16N4O. The van der Waals surface area contributed by atoms with Crippen LogP contribution in [0.1, 0.15) is 12.2 Å². The topological polar surface area (TPSA) is 54.2 Å². The Hall–Kier alpha value is -0.940. The van der Waals surface area contributed by atoms with Crippen LogP contribution in [-0.4, -0.2) is 44.5 Å². The number of aliphatic hydroxyl groups is 1. The molecule has 0 radical (unpaired) electrons. The van der Waals surface area contributed by atoms with E-state index in [9.17, 15) is 0 Å². The highest BCUT2D eigenvalue weighted by Gasteiger charge is 2.22. The minimum absolute atomic E-state index is 0.301. The Morgan fingerprint density at radius 2 is 2.50 bits per heavy atom. The van der Waals surface area contributed by atoms with Crippen molar-refractivity contribution in [2.24, 2.45) is 13.0 Å². The Morgan fingerprint density at radius 3 is 3.07 bits per heavy atom. The minimum Gasteiger partial charge on any atom is -0.396 e. The molecule has 14 heavy (non-hydrogen) atoms. The maximum absolute atomic E-state index is 9.00. The Bertz CT molecular complexity index is 299. The molecule has 0 spiro atoms. The van der Waals surface area contributed by atoms with Gasteiger partial charge in [0.15, 0.2) is 0 Å². The minimum atomic E-state index is 0.301. The fraction of sp³-hybridized carbons (Fsp3) is 0.778. The number of aryl methyl sites for hydroxylation is 1.